The smallest absolute Gasteiger partial charge is 0.230 e. The van der Waals surface area contributed by atoms with Gasteiger partial charge in [-0.1, -0.05) is 35.5 Å². The summed E-state index contributed by atoms with van der Waals surface area (Å²) in [6.45, 7) is 4.91. The lowest BCUT2D eigenvalue weighted by atomic mass is 10.1. The van der Waals surface area contributed by atoms with Crippen molar-refractivity contribution in [2.24, 2.45) is 0 Å². The number of rotatable bonds is 9. The van der Waals surface area contributed by atoms with Crippen LogP contribution in [-0.2, 0) is 4.79 Å². The van der Waals surface area contributed by atoms with Crippen molar-refractivity contribution in [2.45, 2.75) is 19.0 Å². The molecule has 0 bridgehead atoms. The molecule has 1 amide bonds. The second-order valence-corrected chi connectivity index (χ2v) is 7.38. The second kappa shape index (κ2) is 9.97. The van der Waals surface area contributed by atoms with Crippen molar-refractivity contribution in [1.82, 2.24) is 20.1 Å². The zero-order chi connectivity index (χ0) is 20.6. The molecule has 1 N–H and O–H groups in total. The predicted molar refractivity (Wildman–Crippen MR) is 113 cm³/mol. The number of thioether (sulfide) groups is 1. The van der Waals surface area contributed by atoms with Crippen molar-refractivity contribution in [3.63, 3.8) is 0 Å². The summed E-state index contributed by atoms with van der Waals surface area (Å²) in [6, 6.07) is 13.6. The molecule has 0 spiro atoms. The van der Waals surface area contributed by atoms with E-state index < -0.39 is 0 Å². The first-order valence-corrected chi connectivity index (χ1v) is 10.2. The zero-order valence-corrected chi connectivity index (χ0v) is 17.5. The van der Waals surface area contributed by atoms with E-state index in [2.05, 4.69) is 21.6 Å². The van der Waals surface area contributed by atoms with Gasteiger partial charge in [0.25, 0.3) is 0 Å². The van der Waals surface area contributed by atoms with Crippen LogP contribution in [0, 0.1) is 13.8 Å². The van der Waals surface area contributed by atoms with Crippen molar-refractivity contribution in [1.29, 1.82) is 0 Å². The highest BCUT2D eigenvalue weighted by Gasteiger charge is 2.11. The highest BCUT2D eigenvalue weighted by Crippen LogP contribution is 2.22. The van der Waals surface area contributed by atoms with Crippen molar-refractivity contribution in [2.75, 3.05) is 26.0 Å². The van der Waals surface area contributed by atoms with E-state index in [-0.39, 0.29) is 11.7 Å². The lowest BCUT2D eigenvalue weighted by molar-refractivity contribution is -0.118. The third kappa shape index (κ3) is 5.74. The number of methoxy groups -OCH3 is 1. The van der Waals surface area contributed by atoms with Crippen molar-refractivity contribution >= 4 is 17.7 Å². The standard InChI is InChI=1S/C21H24N4O3S/c1-15-7-8-19(16(2)11-15)28-10-9-22-20(26)13-29-21-24-23-14-25(21)17-5-4-6-18(12-17)27-3/h4-8,11-12,14H,9-10,13H2,1-3H3,(H,22,26). The molecule has 3 aromatic rings. The first-order valence-electron chi connectivity index (χ1n) is 9.21. The SMILES string of the molecule is COc1cccc(-n2cnnc2SCC(=O)NCCOc2ccc(C)cc2C)c1. The van der Waals surface area contributed by atoms with Gasteiger partial charge in [0.15, 0.2) is 5.16 Å². The number of hydrogen-bond donors (Lipinski definition) is 1. The molecule has 152 valence electrons. The number of carbonyl (C=O) groups excluding carboxylic acids is 1. The highest BCUT2D eigenvalue weighted by molar-refractivity contribution is 7.99. The maximum atomic E-state index is 12.1. The molecular formula is C21H24N4O3S. The number of benzene rings is 2. The third-order valence-corrected chi connectivity index (χ3v) is 5.14. The maximum absolute atomic E-state index is 12.1. The number of nitrogens with zero attached hydrogens (tertiary/aromatic N) is 3. The van der Waals surface area contributed by atoms with Gasteiger partial charge in [-0.3, -0.25) is 9.36 Å². The Kier molecular flexibility index (Phi) is 7.13. The molecule has 0 atom stereocenters. The fraction of sp³-hybridized carbons (Fsp3) is 0.286. The maximum Gasteiger partial charge on any atom is 0.230 e. The van der Waals surface area contributed by atoms with Gasteiger partial charge < -0.3 is 14.8 Å². The van der Waals surface area contributed by atoms with Crippen LogP contribution in [0.4, 0.5) is 0 Å². The van der Waals surface area contributed by atoms with E-state index in [0.717, 1.165) is 22.7 Å². The molecule has 2 aromatic carbocycles. The average molecular weight is 413 g/mol. The van der Waals surface area contributed by atoms with Gasteiger partial charge in [0.2, 0.25) is 5.91 Å². The number of amides is 1. The summed E-state index contributed by atoms with van der Waals surface area (Å²) < 4.78 is 12.8. The van der Waals surface area contributed by atoms with E-state index in [4.69, 9.17) is 9.47 Å². The van der Waals surface area contributed by atoms with Crippen LogP contribution in [0.3, 0.4) is 0 Å². The summed E-state index contributed by atoms with van der Waals surface area (Å²) in [6.07, 6.45) is 1.62. The number of aryl methyl sites for hydroxylation is 2. The Balaban J connectivity index is 1.46. The molecule has 0 aliphatic carbocycles. The lowest BCUT2D eigenvalue weighted by Gasteiger charge is -2.11. The minimum atomic E-state index is -0.0839. The van der Waals surface area contributed by atoms with Gasteiger partial charge >= 0.3 is 0 Å². The molecule has 0 saturated carbocycles. The molecule has 1 aromatic heterocycles. The van der Waals surface area contributed by atoms with Crippen LogP contribution in [0.15, 0.2) is 53.9 Å². The van der Waals surface area contributed by atoms with E-state index in [1.54, 1.807) is 13.4 Å². The molecule has 29 heavy (non-hydrogen) atoms. The van der Waals surface area contributed by atoms with Gasteiger partial charge in [-0.2, -0.15) is 0 Å². The van der Waals surface area contributed by atoms with Crippen LogP contribution in [0.2, 0.25) is 0 Å². The van der Waals surface area contributed by atoms with Gasteiger partial charge in [0.1, 0.15) is 24.4 Å². The Morgan fingerprint density at radius 2 is 2.07 bits per heavy atom. The number of hydrogen-bond acceptors (Lipinski definition) is 6. The Morgan fingerprint density at radius 1 is 1.21 bits per heavy atom. The van der Waals surface area contributed by atoms with Gasteiger partial charge in [0.05, 0.1) is 25.1 Å². The van der Waals surface area contributed by atoms with Crippen molar-refractivity contribution in [3.8, 4) is 17.2 Å². The number of nitrogens with one attached hydrogen (secondary N) is 1. The largest absolute Gasteiger partial charge is 0.497 e. The number of ether oxygens (including phenoxy) is 2. The fourth-order valence-corrected chi connectivity index (χ4v) is 3.51. The zero-order valence-electron chi connectivity index (χ0n) is 16.7. The summed E-state index contributed by atoms with van der Waals surface area (Å²) in [5.41, 5.74) is 3.16. The Bertz CT molecular complexity index is 974. The molecule has 3 rings (SSSR count). The van der Waals surface area contributed by atoms with E-state index in [1.807, 2.05) is 54.8 Å². The molecule has 7 nitrogen and oxygen atoms in total. The summed E-state index contributed by atoms with van der Waals surface area (Å²) in [7, 11) is 1.62. The topological polar surface area (TPSA) is 78.3 Å². The lowest BCUT2D eigenvalue weighted by Crippen LogP contribution is -2.29. The molecule has 0 fully saturated rings. The van der Waals surface area contributed by atoms with E-state index >= 15 is 0 Å². The van der Waals surface area contributed by atoms with Crippen LogP contribution in [0.5, 0.6) is 11.5 Å². The Labute approximate surface area is 174 Å². The van der Waals surface area contributed by atoms with Crippen LogP contribution < -0.4 is 14.8 Å². The monoisotopic (exact) mass is 412 g/mol. The van der Waals surface area contributed by atoms with Gasteiger partial charge in [-0.15, -0.1) is 10.2 Å². The summed E-state index contributed by atoms with van der Waals surface area (Å²) in [4.78, 5) is 12.1. The minimum Gasteiger partial charge on any atom is -0.497 e. The first kappa shape index (κ1) is 20.7. The van der Waals surface area contributed by atoms with Crippen LogP contribution >= 0.6 is 11.8 Å². The predicted octanol–water partition coefficient (Wildman–Crippen LogP) is 3.18. The molecular weight excluding hydrogens is 388 g/mol. The molecule has 0 aliphatic rings. The van der Waals surface area contributed by atoms with Crippen molar-refractivity contribution in [3.05, 3.63) is 59.9 Å². The Hall–Kier alpha value is -3.00. The van der Waals surface area contributed by atoms with Crippen molar-refractivity contribution < 1.29 is 14.3 Å². The van der Waals surface area contributed by atoms with Gasteiger partial charge in [-0.05, 0) is 37.6 Å². The molecule has 8 heteroatoms. The van der Waals surface area contributed by atoms with E-state index in [0.29, 0.717) is 18.3 Å². The molecule has 0 radical (unpaired) electrons. The fourth-order valence-electron chi connectivity index (χ4n) is 2.75. The van der Waals surface area contributed by atoms with Crippen LogP contribution in [-0.4, -0.2) is 46.7 Å². The molecule has 1 heterocycles. The number of aromatic nitrogens is 3. The Morgan fingerprint density at radius 3 is 2.86 bits per heavy atom. The van der Waals surface area contributed by atoms with E-state index in [9.17, 15) is 4.79 Å². The van der Waals surface area contributed by atoms with Gasteiger partial charge in [-0.25, -0.2) is 0 Å². The number of carbonyl (C=O) groups is 1. The van der Waals surface area contributed by atoms with Crippen LogP contribution in [0.25, 0.3) is 5.69 Å². The van der Waals surface area contributed by atoms with Crippen LogP contribution in [0.1, 0.15) is 11.1 Å². The quantitative estimate of drug-likeness (QED) is 0.430. The summed E-state index contributed by atoms with van der Waals surface area (Å²) in [5, 5.41) is 11.6. The first-order chi connectivity index (χ1) is 14.1. The normalized spacial score (nSPS) is 10.6. The van der Waals surface area contributed by atoms with E-state index in [1.165, 1.54) is 17.3 Å². The second-order valence-electron chi connectivity index (χ2n) is 6.44. The third-order valence-electron chi connectivity index (χ3n) is 4.19. The summed E-state index contributed by atoms with van der Waals surface area (Å²) in [5.74, 6) is 1.74. The van der Waals surface area contributed by atoms with Gasteiger partial charge in [0, 0.05) is 6.07 Å². The molecule has 0 aliphatic heterocycles. The average Bonchev–Trinajstić information content (AvgIpc) is 3.19. The minimum absolute atomic E-state index is 0.0839. The highest BCUT2D eigenvalue weighted by atomic mass is 32.2. The molecule has 0 saturated heterocycles. The summed E-state index contributed by atoms with van der Waals surface area (Å²) >= 11 is 1.32. The molecule has 0 unspecified atom stereocenters.